The first kappa shape index (κ1) is 22.8. The van der Waals surface area contributed by atoms with Crippen LogP contribution >= 0.6 is 11.6 Å². The number of amides is 1. The summed E-state index contributed by atoms with van der Waals surface area (Å²) in [7, 11) is -3.51. The van der Waals surface area contributed by atoms with Gasteiger partial charge in [0.05, 0.1) is 11.7 Å². The number of halogens is 1. The van der Waals surface area contributed by atoms with Gasteiger partial charge in [-0.2, -0.15) is 0 Å². The summed E-state index contributed by atoms with van der Waals surface area (Å²) in [5, 5.41) is 3.65. The van der Waals surface area contributed by atoms with E-state index in [1.165, 1.54) is 4.31 Å². The Hall–Kier alpha value is -1.89. The van der Waals surface area contributed by atoms with Gasteiger partial charge < -0.3 is 5.32 Å². The van der Waals surface area contributed by atoms with E-state index in [2.05, 4.69) is 19.2 Å². The van der Waals surface area contributed by atoms with Crippen LogP contribution < -0.4 is 5.32 Å². The van der Waals surface area contributed by atoms with Gasteiger partial charge in [0.15, 0.2) is 0 Å². The molecule has 0 unspecified atom stereocenters. The average Bonchev–Trinajstić information content (AvgIpc) is 2.71. The summed E-state index contributed by atoms with van der Waals surface area (Å²) in [5.74, 6) is -0.285. The number of sulfonamides is 1. The Morgan fingerprint density at radius 2 is 1.90 bits per heavy atom. The van der Waals surface area contributed by atoms with E-state index in [0.717, 1.165) is 16.8 Å². The van der Waals surface area contributed by atoms with Gasteiger partial charge in [-0.05, 0) is 54.5 Å². The van der Waals surface area contributed by atoms with E-state index in [9.17, 15) is 13.2 Å². The minimum atomic E-state index is -3.51. The van der Waals surface area contributed by atoms with Crippen molar-refractivity contribution in [3.63, 3.8) is 0 Å². The summed E-state index contributed by atoms with van der Waals surface area (Å²) in [5.41, 5.74) is 3.63. The van der Waals surface area contributed by atoms with Crippen LogP contribution in [0.2, 0.25) is 5.02 Å². The van der Waals surface area contributed by atoms with Crippen molar-refractivity contribution in [2.24, 2.45) is 5.92 Å². The molecule has 5 nitrogen and oxygen atoms in total. The molecule has 1 amide bonds. The van der Waals surface area contributed by atoms with Crippen molar-refractivity contribution in [2.75, 3.05) is 18.4 Å². The number of carbonyl (C=O) groups excluding carboxylic acids is 1. The molecule has 1 fully saturated rings. The number of nitrogens with zero attached hydrogens (tertiary/aromatic N) is 1. The summed E-state index contributed by atoms with van der Waals surface area (Å²) in [4.78, 5) is 13.0. The second kappa shape index (κ2) is 9.50. The lowest BCUT2D eigenvalue weighted by Crippen LogP contribution is -2.44. The van der Waals surface area contributed by atoms with Crippen molar-refractivity contribution in [3.8, 4) is 0 Å². The summed E-state index contributed by atoms with van der Waals surface area (Å²) in [6, 6.07) is 12.8. The molecule has 162 valence electrons. The van der Waals surface area contributed by atoms with E-state index in [1.807, 2.05) is 25.1 Å². The number of piperidine rings is 1. The fourth-order valence-corrected chi connectivity index (χ4v) is 5.60. The predicted octanol–water partition coefficient (Wildman–Crippen LogP) is 4.95. The van der Waals surface area contributed by atoms with Gasteiger partial charge in [-0.1, -0.05) is 55.8 Å². The van der Waals surface area contributed by atoms with Gasteiger partial charge >= 0.3 is 0 Å². The highest BCUT2D eigenvalue weighted by molar-refractivity contribution is 7.88. The first-order chi connectivity index (χ1) is 14.2. The van der Waals surface area contributed by atoms with Crippen molar-refractivity contribution in [1.82, 2.24) is 4.31 Å². The van der Waals surface area contributed by atoms with E-state index in [-0.39, 0.29) is 30.0 Å². The zero-order valence-electron chi connectivity index (χ0n) is 17.7. The lowest BCUT2D eigenvalue weighted by molar-refractivity contribution is -0.120. The lowest BCUT2D eigenvalue weighted by atomic mass is 9.95. The van der Waals surface area contributed by atoms with Gasteiger partial charge in [-0.15, -0.1) is 0 Å². The van der Waals surface area contributed by atoms with Gasteiger partial charge in [0.2, 0.25) is 15.9 Å². The van der Waals surface area contributed by atoms with E-state index in [4.69, 9.17) is 11.6 Å². The third-order valence-electron chi connectivity index (χ3n) is 5.59. The van der Waals surface area contributed by atoms with E-state index in [0.29, 0.717) is 30.0 Å². The Bertz CT molecular complexity index is 1000. The second-order valence-corrected chi connectivity index (χ2v) is 10.7. The maximum absolute atomic E-state index is 13.0. The highest BCUT2D eigenvalue weighted by Crippen LogP contribution is 2.29. The molecule has 2 aromatic carbocycles. The van der Waals surface area contributed by atoms with Crippen LogP contribution in [0.3, 0.4) is 0 Å². The number of benzene rings is 2. The maximum atomic E-state index is 13.0. The third-order valence-corrected chi connectivity index (χ3v) is 7.65. The number of hydrogen-bond donors (Lipinski definition) is 1. The van der Waals surface area contributed by atoms with E-state index in [1.54, 1.807) is 24.3 Å². The SMILES string of the molecule is Cc1cccc(C(C)C)c1NC(=O)[C@@H]1CCCN(S(=O)(=O)Cc2ccc(Cl)cc2)C1. The molecular formula is C23H29ClN2O3S. The number of nitrogens with one attached hydrogen (secondary N) is 1. The molecule has 1 aliphatic heterocycles. The number of hydrogen-bond acceptors (Lipinski definition) is 3. The summed E-state index contributed by atoms with van der Waals surface area (Å²) in [6.45, 7) is 6.82. The van der Waals surface area contributed by atoms with Gasteiger partial charge in [0, 0.05) is 23.8 Å². The second-order valence-electron chi connectivity index (χ2n) is 8.26. The molecule has 0 radical (unpaired) electrons. The van der Waals surface area contributed by atoms with Crippen LogP contribution in [0.4, 0.5) is 5.69 Å². The summed E-state index contributed by atoms with van der Waals surface area (Å²) >= 11 is 5.89. The first-order valence-electron chi connectivity index (χ1n) is 10.3. The van der Waals surface area contributed by atoms with Crippen LogP contribution in [0.15, 0.2) is 42.5 Å². The topological polar surface area (TPSA) is 66.5 Å². The van der Waals surface area contributed by atoms with Crippen molar-refractivity contribution in [2.45, 2.75) is 45.3 Å². The molecule has 1 atom stereocenters. The molecule has 0 saturated carbocycles. The quantitative estimate of drug-likeness (QED) is 0.679. The zero-order chi connectivity index (χ0) is 21.9. The largest absolute Gasteiger partial charge is 0.325 e. The summed E-state index contributed by atoms with van der Waals surface area (Å²) in [6.07, 6.45) is 1.35. The summed E-state index contributed by atoms with van der Waals surface area (Å²) < 4.78 is 27.3. The lowest BCUT2D eigenvalue weighted by Gasteiger charge is -2.31. The molecule has 0 aliphatic carbocycles. The Morgan fingerprint density at radius 1 is 1.20 bits per heavy atom. The molecule has 0 spiro atoms. The molecule has 0 aromatic heterocycles. The molecule has 7 heteroatoms. The Labute approximate surface area is 184 Å². The molecule has 1 N–H and O–H groups in total. The molecule has 2 aromatic rings. The highest BCUT2D eigenvalue weighted by Gasteiger charge is 2.32. The first-order valence-corrected chi connectivity index (χ1v) is 12.3. The van der Waals surface area contributed by atoms with Crippen LogP contribution in [0, 0.1) is 12.8 Å². The van der Waals surface area contributed by atoms with E-state index < -0.39 is 10.0 Å². The van der Waals surface area contributed by atoms with Crippen LogP contribution in [0.5, 0.6) is 0 Å². The fraction of sp³-hybridized carbons (Fsp3) is 0.435. The number of aryl methyl sites for hydroxylation is 1. The van der Waals surface area contributed by atoms with Crippen LogP contribution in [-0.2, 0) is 20.6 Å². The van der Waals surface area contributed by atoms with Crippen LogP contribution in [-0.4, -0.2) is 31.7 Å². The number of para-hydroxylation sites is 1. The van der Waals surface area contributed by atoms with Crippen LogP contribution in [0.1, 0.15) is 49.3 Å². The predicted molar refractivity (Wildman–Crippen MR) is 122 cm³/mol. The highest BCUT2D eigenvalue weighted by atomic mass is 35.5. The standard InChI is InChI=1S/C23H29ClN2O3S/c1-16(2)21-8-4-6-17(3)22(21)25-23(27)19-7-5-13-26(14-19)30(28,29)15-18-9-11-20(24)12-10-18/h4,6,8-12,16,19H,5,7,13-15H2,1-3H3,(H,25,27)/t19-/m1/s1. The molecule has 0 bridgehead atoms. The number of carbonyl (C=O) groups is 1. The van der Waals surface area contributed by atoms with Crippen LogP contribution in [0.25, 0.3) is 0 Å². The molecule has 1 heterocycles. The molecule has 1 saturated heterocycles. The Kier molecular flexibility index (Phi) is 7.22. The Morgan fingerprint density at radius 3 is 2.57 bits per heavy atom. The normalized spacial score (nSPS) is 17.8. The molecular weight excluding hydrogens is 420 g/mol. The number of rotatable bonds is 6. The molecule has 30 heavy (non-hydrogen) atoms. The number of anilines is 1. The van der Waals surface area contributed by atoms with Crippen molar-refractivity contribution >= 4 is 33.2 Å². The van der Waals surface area contributed by atoms with Crippen molar-refractivity contribution < 1.29 is 13.2 Å². The monoisotopic (exact) mass is 448 g/mol. The maximum Gasteiger partial charge on any atom is 0.228 e. The van der Waals surface area contributed by atoms with Crippen molar-refractivity contribution in [3.05, 3.63) is 64.2 Å². The van der Waals surface area contributed by atoms with Gasteiger partial charge in [-0.25, -0.2) is 12.7 Å². The average molecular weight is 449 g/mol. The van der Waals surface area contributed by atoms with Gasteiger partial charge in [-0.3, -0.25) is 4.79 Å². The third kappa shape index (κ3) is 5.42. The van der Waals surface area contributed by atoms with E-state index >= 15 is 0 Å². The molecule has 3 rings (SSSR count). The molecule has 1 aliphatic rings. The smallest absolute Gasteiger partial charge is 0.228 e. The fourth-order valence-electron chi connectivity index (χ4n) is 3.86. The minimum Gasteiger partial charge on any atom is -0.325 e. The zero-order valence-corrected chi connectivity index (χ0v) is 19.3. The van der Waals surface area contributed by atoms with Gasteiger partial charge in [0.1, 0.15) is 0 Å². The minimum absolute atomic E-state index is 0.0895. The van der Waals surface area contributed by atoms with Crippen molar-refractivity contribution in [1.29, 1.82) is 0 Å². The van der Waals surface area contributed by atoms with Gasteiger partial charge in [0.25, 0.3) is 0 Å². The Balaban J connectivity index is 1.71.